The van der Waals surface area contributed by atoms with E-state index in [1.54, 1.807) is 34.8 Å². The fourth-order valence-electron chi connectivity index (χ4n) is 4.51. The minimum atomic E-state index is -0.534. The molecular formula is C24H27N5O3S. The smallest absolute Gasteiger partial charge is 0.235 e. The number of carbonyl (C=O) groups excluding carboxylic acids is 2. The number of fused-ring (bicyclic) bond motifs is 1. The monoisotopic (exact) mass is 465 g/mol. The fraction of sp³-hybridized carbons (Fsp3) is 0.375. The Morgan fingerprint density at radius 1 is 1.18 bits per heavy atom. The van der Waals surface area contributed by atoms with Gasteiger partial charge in [-0.2, -0.15) is 5.10 Å². The number of benzene rings is 1. The van der Waals surface area contributed by atoms with Gasteiger partial charge in [0.2, 0.25) is 11.8 Å². The number of anilines is 1. The maximum absolute atomic E-state index is 12.8. The molecule has 3 unspecified atom stereocenters. The summed E-state index contributed by atoms with van der Waals surface area (Å²) in [6.07, 6.45) is 5.09. The first kappa shape index (κ1) is 21.8. The Balaban J connectivity index is 1.31. The summed E-state index contributed by atoms with van der Waals surface area (Å²) < 4.78 is 7.14. The summed E-state index contributed by atoms with van der Waals surface area (Å²) in [5.41, 5.74) is 1.77. The molecule has 2 fully saturated rings. The zero-order valence-corrected chi connectivity index (χ0v) is 19.0. The lowest BCUT2D eigenvalue weighted by atomic mass is 9.83. The van der Waals surface area contributed by atoms with E-state index < -0.39 is 6.29 Å². The van der Waals surface area contributed by atoms with Crippen molar-refractivity contribution in [2.24, 2.45) is 5.92 Å². The third-order valence-electron chi connectivity index (χ3n) is 6.12. The lowest BCUT2D eigenvalue weighted by Crippen LogP contribution is -2.59. The Kier molecular flexibility index (Phi) is 6.50. The molecule has 2 aromatic heterocycles. The second-order valence-corrected chi connectivity index (χ2v) is 9.42. The molecule has 33 heavy (non-hydrogen) atoms. The van der Waals surface area contributed by atoms with E-state index in [0.29, 0.717) is 23.0 Å². The SMILES string of the molecule is O=C(CSCc1ccccc1)Nc1cc(-c2ccco2)nn1C1NC(=O)C2CCCCC2N1. The maximum Gasteiger partial charge on any atom is 0.235 e. The Morgan fingerprint density at radius 3 is 2.85 bits per heavy atom. The van der Waals surface area contributed by atoms with Gasteiger partial charge in [-0.15, -0.1) is 11.8 Å². The van der Waals surface area contributed by atoms with E-state index in [2.05, 4.69) is 21.0 Å². The van der Waals surface area contributed by atoms with E-state index in [1.165, 1.54) is 5.56 Å². The van der Waals surface area contributed by atoms with Gasteiger partial charge in [-0.05, 0) is 30.5 Å². The van der Waals surface area contributed by atoms with Crippen LogP contribution >= 0.6 is 11.8 Å². The van der Waals surface area contributed by atoms with E-state index >= 15 is 0 Å². The Hall–Kier alpha value is -3.04. The molecule has 1 saturated heterocycles. The average molecular weight is 466 g/mol. The summed E-state index contributed by atoms with van der Waals surface area (Å²) in [4.78, 5) is 25.5. The molecule has 0 spiro atoms. The van der Waals surface area contributed by atoms with Crippen molar-refractivity contribution in [2.75, 3.05) is 11.1 Å². The van der Waals surface area contributed by atoms with Gasteiger partial charge in [-0.3, -0.25) is 14.9 Å². The van der Waals surface area contributed by atoms with Crippen LogP contribution in [0.4, 0.5) is 5.82 Å². The van der Waals surface area contributed by atoms with E-state index in [1.807, 2.05) is 36.4 Å². The van der Waals surface area contributed by atoms with Crippen LogP contribution in [0.3, 0.4) is 0 Å². The van der Waals surface area contributed by atoms with Gasteiger partial charge in [0.25, 0.3) is 0 Å². The molecule has 1 saturated carbocycles. The maximum atomic E-state index is 12.8. The van der Waals surface area contributed by atoms with Crippen molar-refractivity contribution in [3.8, 4) is 11.5 Å². The lowest BCUT2D eigenvalue weighted by molar-refractivity contribution is -0.132. The molecule has 0 radical (unpaired) electrons. The molecule has 1 aromatic carbocycles. The number of carbonyl (C=O) groups is 2. The van der Waals surface area contributed by atoms with Crippen LogP contribution in [0, 0.1) is 5.92 Å². The molecule has 172 valence electrons. The number of thioether (sulfide) groups is 1. The van der Waals surface area contributed by atoms with Crippen molar-refractivity contribution in [3.63, 3.8) is 0 Å². The largest absolute Gasteiger partial charge is 0.463 e. The molecule has 0 bridgehead atoms. The van der Waals surface area contributed by atoms with Crippen LogP contribution in [0.1, 0.15) is 37.5 Å². The number of aromatic nitrogens is 2. The first-order chi connectivity index (χ1) is 16.2. The molecule has 3 atom stereocenters. The molecule has 5 rings (SSSR count). The van der Waals surface area contributed by atoms with Crippen LogP contribution in [-0.4, -0.2) is 33.4 Å². The Labute approximate surface area is 196 Å². The number of hydrogen-bond donors (Lipinski definition) is 3. The highest BCUT2D eigenvalue weighted by Gasteiger charge is 2.39. The third kappa shape index (κ3) is 4.99. The van der Waals surface area contributed by atoms with Crippen molar-refractivity contribution in [3.05, 3.63) is 60.4 Å². The number of furan rings is 1. The van der Waals surface area contributed by atoms with Gasteiger partial charge in [0.05, 0.1) is 17.9 Å². The van der Waals surface area contributed by atoms with Crippen LogP contribution < -0.4 is 16.0 Å². The van der Waals surface area contributed by atoms with Gasteiger partial charge in [0, 0.05) is 17.9 Å². The number of nitrogens with one attached hydrogen (secondary N) is 3. The summed E-state index contributed by atoms with van der Waals surface area (Å²) >= 11 is 1.55. The van der Waals surface area contributed by atoms with Gasteiger partial charge in [0.1, 0.15) is 11.5 Å². The van der Waals surface area contributed by atoms with Crippen LogP contribution in [-0.2, 0) is 15.3 Å². The van der Waals surface area contributed by atoms with Crippen molar-refractivity contribution >= 4 is 29.4 Å². The summed E-state index contributed by atoms with van der Waals surface area (Å²) in [6.45, 7) is 0. The van der Waals surface area contributed by atoms with E-state index in [9.17, 15) is 9.59 Å². The normalized spacial score (nSPS) is 22.4. The summed E-state index contributed by atoms with van der Waals surface area (Å²) in [6, 6.07) is 15.6. The molecule has 3 heterocycles. The molecule has 9 heteroatoms. The van der Waals surface area contributed by atoms with Crippen molar-refractivity contribution in [2.45, 2.75) is 43.8 Å². The highest BCUT2D eigenvalue weighted by Crippen LogP contribution is 2.31. The Bertz CT molecular complexity index is 1100. The average Bonchev–Trinajstić information content (AvgIpc) is 3.50. The van der Waals surface area contributed by atoms with Gasteiger partial charge in [-0.25, -0.2) is 4.68 Å². The predicted octanol–water partition coefficient (Wildman–Crippen LogP) is 3.75. The van der Waals surface area contributed by atoms with E-state index in [4.69, 9.17) is 4.42 Å². The van der Waals surface area contributed by atoms with Crippen LogP contribution in [0.2, 0.25) is 0 Å². The van der Waals surface area contributed by atoms with Crippen molar-refractivity contribution < 1.29 is 14.0 Å². The number of amides is 2. The number of rotatable bonds is 7. The standard InChI is InChI=1S/C24H27N5O3S/c30-22(15-33-14-16-7-2-1-3-8-16)26-21-13-19(20-11-6-12-32-20)28-29(21)24-25-18-10-5-4-9-17(18)23(31)27-24/h1-3,6-8,11-13,17-18,24-25H,4-5,9-10,14-15H2,(H,26,30)(H,27,31). The van der Waals surface area contributed by atoms with Crippen molar-refractivity contribution in [1.82, 2.24) is 20.4 Å². The zero-order valence-electron chi connectivity index (χ0n) is 18.2. The van der Waals surface area contributed by atoms with E-state index in [-0.39, 0.29) is 23.8 Å². The topological polar surface area (TPSA) is 101 Å². The van der Waals surface area contributed by atoms with E-state index in [0.717, 1.165) is 31.4 Å². The summed E-state index contributed by atoms with van der Waals surface area (Å²) in [7, 11) is 0. The van der Waals surface area contributed by atoms with Crippen LogP contribution in [0.15, 0.2) is 59.2 Å². The van der Waals surface area contributed by atoms with Gasteiger partial charge >= 0.3 is 0 Å². The molecule has 8 nitrogen and oxygen atoms in total. The molecule has 2 amide bonds. The fourth-order valence-corrected chi connectivity index (χ4v) is 5.29. The van der Waals surface area contributed by atoms with Crippen LogP contribution in [0.25, 0.3) is 11.5 Å². The summed E-state index contributed by atoms with van der Waals surface area (Å²) in [5.74, 6) is 2.08. The first-order valence-electron chi connectivity index (χ1n) is 11.3. The number of nitrogens with zero attached hydrogens (tertiary/aromatic N) is 2. The Morgan fingerprint density at radius 2 is 2.03 bits per heavy atom. The molecule has 1 aliphatic heterocycles. The number of hydrogen-bond acceptors (Lipinski definition) is 6. The van der Waals surface area contributed by atoms with Gasteiger partial charge in [-0.1, -0.05) is 43.2 Å². The molecular weight excluding hydrogens is 438 g/mol. The third-order valence-corrected chi connectivity index (χ3v) is 7.12. The lowest BCUT2D eigenvalue weighted by Gasteiger charge is -2.40. The highest BCUT2D eigenvalue weighted by atomic mass is 32.2. The predicted molar refractivity (Wildman–Crippen MR) is 127 cm³/mol. The first-order valence-corrected chi connectivity index (χ1v) is 12.4. The van der Waals surface area contributed by atoms with Gasteiger partial charge < -0.3 is 15.1 Å². The van der Waals surface area contributed by atoms with Crippen molar-refractivity contribution in [1.29, 1.82) is 0 Å². The minimum Gasteiger partial charge on any atom is -0.463 e. The van der Waals surface area contributed by atoms with Crippen LogP contribution in [0.5, 0.6) is 0 Å². The summed E-state index contributed by atoms with van der Waals surface area (Å²) in [5, 5.41) is 14.2. The molecule has 3 aromatic rings. The second kappa shape index (κ2) is 9.84. The molecule has 2 aliphatic rings. The molecule has 1 aliphatic carbocycles. The second-order valence-electron chi connectivity index (χ2n) is 8.44. The quantitative estimate of drug-likeness (QED) is 0.491. The highest BCUT2D eigenvalue weighted by molar-refractivity contribution is 7.99. The minimum absolute atomic E-state index is 0.0115. The zero-order chi connectivity index (χ0) is 22.6. The van der Waals surface area contributed by atoms with Gasteiger partial charge in [0.15, 0.2) is 12.0 Å². The molecule has 3 N–H and O–H groups in total.